The molecule has 1 aliphatic heterocycles. The van der Waals surface area contributed by atoms with Crippen molar-refractivity contribution in [2.24, 2.45) is 4.99 Å². The van der Waals surface area contributed by atoms with Gasteiger partial charge in [-0.2, -0.15) is 0 Å². The highest BCUT2D eigenvalue weighted by Crippen LogP contribution is 2.33. The van der Waals surface area contributed by atoms with Crippen LogP contribution in [-0.2, 0) is 16.0 Å². The number of non-ortho nitro benzene ring substituents is 1. The SMILES string of the molecule is CCOC(=O)Cc1ccc(N=Cc2cc([N+](=O)[O-])ccc2N2CCC(c3ccccc3)CC2)cc1. The first-order valence-electron chi connectivity index (χ1n) is 11.9. The minimum Gasteiger partial charge on any atom is -0.466 e. The van der Waals surface area contributed by atoms with Crippen molar-refractivity contribution in [2.75, 3.05) is 24.6 Å². The average Bonchev–Trinajstić information content (AvgIpc) is 2.89. The van der Waals surface area contributed by atoms with Crippen molar-refractivity contribution < 1.29 is 14.5 Å². The molecule has 0 spiro atoms. The number of esters is 1. The van der Waals surface area contributed by atoms with Gasteiger partial charge in [0, 0.05) is 42.7 Å². The van der Waals surface area contributed by atoms with E-state index in [4.69, 9.17) is 4.74 Å². The Morgan fingerprint density at radius 3 is 2.46 bits per heavy atom. The van der Waals surface area contributed by atoms with Gasteiger partial charge in [0.25, 0.3) is 5.69 Å². The van der Waals surface area contributed by atoms with E-state index in [-0.39, 0.29) is 23.0 Å². The van der Waals surface area contributed by atoms with Gasteiger partial charge in [-0.15, -0.1) is 0 Å². The lowest BCUT2D eigenvalue weighted by Gasteiger charge is -2.34. The number of carbonyl (C=O) groups is 1. The van der Waals surface area contributed by atoms with Crippen LogP contribution in [0.3, 0.4) is 0 Å². The van der Waals surface area contributed by atoms with Gasteiger partial charge in [0.1, 0.15) is 0 Å². The fourth-order valence-electron chi connectivity index (χ4n) is 4.45. The van der Waals surface area contributed by atoms with Crippen molar-refractivity contribution in [3.8, 4) is 0 Å². The number of hydrogen-bond acceptors (Lipinski definition) is 6. The Morgan fingerprint density at radius 2 is 1.80 bits per heavy atom. The summed E-state index contributed by atoms with van der Waals surface area (Å²) in [7, 11) is 0. The fourth-order valence-corrected chi connectivity index (χ4v) is 4.45. The predicted octanol–water partition coefficient (Wildman–Crippen LogP) is 5.84. The van der Waals surface area contributed by atoms with Gasteiger partial charge < -0.3 is 9.64 Å². The van der Waals surface area contributed by atoms with Crippen LogP contribution in [0.25, 0.3) is 0 Å². The van der Waals surface area contributed by atoms with Crippen molar-refractivity contribution >= 4 is 29.2 Å². The Morgan fingerprint density at radius 1 is 1.09 bits per heavy atom. The summed E-state index contributed by atoms with van der Waals surface area (Å²) in [6, 6.07) is 22.9. The minimum atomic E-state index is -0.382. The number of piperidine rings is 1. The molecule has 0 aliphatic carbocycles. The zero-order valence-corrected chi connectivity index (χ0v) is 19.8. The van der Waals surface area contributed by atoms with Gasteiger partial charge in [-0.1, -0.05) is 42.5 Å². The van der Waals surface area contributed by atoms with E-state index in [2.05, 4.69) is 34.2 Å². The Balaban J connectivity index is 1.50. The van der Waals surface area contributed by atoms with Crippen molar-refractivity contribution in [1.82, 2.24) is 0 Å². The van der Waals surface area contributed by atoms with E-state index in [0.717, 1.165) is 37.2 Å². The van der Waals surface area contributed by atoms with Crippen LogP contribution < -0.4 is 4.90 Å². The number of anilines is 1. The maximum Gasteiger partial charge on any atom is 0.310 e. The van der Waals surface area contributed by atoms with Crippen LogP contribution in [0.2, 0.25) is 0 Å². The summed E-state index contributed by atoms with van der Waals surface area (Å²) >= 11 is 0. The molecule has 3 aromatic carbocycles. The molecule has 35 heavy (non-hydrogen) atoms. The molecule has 1 fully saturated rings. The van der Waals surface area contributed by atoms with Crippen LogP contribution in [-0.4, -0.2) is 36.8 Å². The topological polar surface area (TPSA) is 85.0 Å². The summed E-state index contributed by atoms with van der Waals surface area (Å²) in [5, 5.41) is 11.4. The third-order valence-electron chi connectivity index (χ3n) is 6.27. The highest BCUT2D eigenvalue weighted by Gasteiger charge is 2.23. The lowest BCUT2D eigenvalue weighted by molar-refractivity contribution is -0.384. The molecule has 0 saturated carbocycles. The molecular weight excluding hydrogens is 442 g/mol. The van der Waals surface area contributed by atoms with E-state index in [1.54, 1.807) is 25.3 Å². The molecule has 3 aromatic rings. The Kier molecular flexibility index (Phi) is 7.88. The third-order valence-corrected chi connectivity index (χ3v) is 6.27. The summed E-state index contributed by atoms with van der Waals surface area (Å²) in [5.41, 5.74) is 4.62. The molecule has 0 N–H and O–H groups in total. The van der Waals surface area contributed by atoms with Gasteiger partial charge in [0.2, 0.25) is 0 Å². The average molecular weight is 472 g/mol. The van der Waals surface area contributed by atoms with E-state index in [1.165, 1.54) is 5.56 Å². The Hall–Kier alpha value is -4.00. The highest BCUT2D eigenvalue weighted by molar-refractivity contribution is 5.90. The molecule has 7 nitrogen and oxygen atoms in total. The molecule has 0 radical (unpaired) electrons. The van der Waals surface area contributed by atoms with E-state index in [9.17, 15) is 14.9 Å². The number of nitrogens with zero attached hydrogens (tertiary/aromatic N) is 3. The molecule has 180 valence electrons. The van der Waals surface area contributed by atoms with Gasteiger partial charge in [0.15, 0.2) is 0 Å². The van der Waals surface area contributed by atoms with E-state index < -0.39 is 0 Å². The third kappa shape index (κ3) is 6.32. The standard InChI is InChI=1S/C28H29N3O4/c1-2-35-28(32)18-21-8-10-25(11-9-21)29-20-24-19-26(31(33)34)12-13-27(24)30-16-14-23(15-17-30)22-6-4-3-5-7-22/h3-13,19-20,23H,2,14-18H2,1H3. The number of carbonyl (C=O) groups excluding carboxylic acids is 1. The van der Waals surface area contributed by atoms with Crippen LogP contribution in [0, 0.1) is 10.1 Å². The number of benzene rings is 3. The Labute approximate surface area is 205 Å². The molecular formula is C28H29N3O4. The summed E-state index contributed by atoms with van der Waals surface area (Å²) in [4.78, 5) is 29.5. The molecule has 1 heterocycles. The first kappa shape index (κ1) is 24.1. The second-order valence-electron chi connectivity index (χ2n) is 8.58. The Bertz CT molecular complexity index is 1180. The molecule has 1 saturated heterocycles. The quantitative estimate of drug-likeness (QED) is 0.178. The van der Waals surface area contributed by atoms with Gasteiger partial charge in [-0.3, -0.25) is 19.9 Å². The fraction of sp³-hybridized carbons (Fsp3) is 0.286. The number of rotatable bonds is 8. The lowest BCUT2D eigenvalue weighted by atomic mass is 9.89. The number of nitro benzene ring substituents is 1. The molecule has 1 aliphatic rings. The van der Waals surface area contributed by atoms with Crippen LogP contribution in [0.4, 0.5) is 17.1 Å². The predicted molar refractivity (Wildman–Crippen MR) is 138 cm³/mol. The van der Waals surface area contributed by atoms with Crippen molar-refractivity contribution in [2.45, 2.75) is 32.1 Å². The maximum absolute atomic E-state index is 11.7. The van der Waals surface area contributed by atoms with E-state index in [1.807, 2.05) is 36.4 Å². The number of ether oxygens (including phenoxy) is 1. The van der Waals surface area contributed by atoms with Gasteiger partial charge in [0.05, 0.1) is 23.6 Å². The zero-order chi connectivity index (χ0) is 24.6. The number of nitro groups is 1. The van der Waals surface area contributed by atoms with E-state index in [0.29, 0.717) is 23.8 Å². The molecule has 4 rings (SSSR count). The lowest BCUT2D eigenvalue weighted by Crippen LogP contribution is -2.33. The zero-order valence-electron chi connectivity index (χ0n) is 19.8. The number of aliphatic imine (C=N–C) groups is 1. The molecule has 0 amide bonds. The van der Waals surface area contributed by atoms with Gasteiger partial charge in [-0.05, 0) is 55.0 Å². The smallest absolute Gasteiger partial charge is 0.310 e. The number of hydrogen-bond donors (Lipinski definition) is 0. The molecule has 0 bridgehead atoms. The largest absolute Gasteiger partial charge is 0.466 e. The van der Waals surface area contributed by atoms with Gasteiger partial charge >= 0.3 is 5.97 Å². The van der Waals surface area contributed by atoms with Crippen molar-refractivity contribution in [3.05, 3.63) is 99.6 Å². The van der Waals surface area contributed by atoms with Crippen LogP contribution >= 0.6 is 0 Å². The van der Waals surface area contributed by atoms with Crippen LogP contribution in [0.1, 0.15) is 42.4 Å². The minimum absolute atomic E-state index is 0.0409. The molecule has 7 heteroatoms. The maximum atomic E-state index is 11.7. The normalized spacial score (nSPS) is 14.3. The van der Waals surface area contributed by atoms with Gasteiger partial charge in [-0.25, -0.2) is 0 Å². The van der Waals surface area contributed by atoms with Crippen LogP contribution in [0.5, 0.6) is 0 Å². The van der Waals surface area contributed by atoms with Crippen LogP contribution in [0.15, 0.2) is 77.8 Å². The molecule has 0 aromatic heterocycles. The first-order chi connectivity index (χ1) is 17.0. The van der Waals surface area contributed by atoms with Crippen molar-refractivity contribution in [1.29, 1.82) is 0 Å². The summed E-state index contributed by atoms with van der Waals surface area (Å²) in [6.45, 7) is 3.89. The van der Waals surface area contributed by atoms with E-state index >= 15 is 0 Å². The second kappa shape index (κ2) is 11.4. The molecule has 0 unspecified atom stereocenters. The summed E-state index contributed by atoms with van der Waals surface area (Å²) in [6.07, 6.45) is 3.96. The van der Waals surface area contributed by atoms with Crippen molar-refractivity contribution in [3.63, 3.8) is 0 Å². The monoisotopic (exact) mass is 471 g/mol. The summed E-state index contributed by atoms with van der Waals surface area (Å²) in [5.74, 6) is 0.261. The highest BCUT2D eigenvalue weighted by atomic mass is 16.6. The second-order valence-corrected chi connectivity index (χ2v) is 8.58. The summed E-state index contributed by atoms with van der Waals surface area (Å²) < 4.78 is 4.99. The first-order valence-corrected chi connectivity index (χ1v) is 11.9. The molecule has 0 atom stereocenters.